The molecule has 1 N–H and O–H groups in total. The highest BCUT2D eigenvalue weighted by Crippen LogP contribution is 2.05. The molecule has 9 heteroatoms. The molecule has 3 aromatic rings. The predicted octanol–water partition coefficient (Wildman–Crippen LogP) is 0.249. The van der Waals surface area contributed by atoms with E-state index in [2.05, 4.69) is 15.5 Å². The van der Waals surface area contributed by atoms with Crippen molar-refractivity contribution in [1.82, 2.24) is 24.1 Å². The van der Waals surface area contributed by atoms with Crippen LogP contribution >= 0.6 is 0 Å². The number of amides is 1. The van der Waals surface area contributed by atoms with Gasteiger partial charge >= 0.3 is 5.69 Å². The predicted molar refractivity (Wildman–Crippen MR) is 102 cm³/mol. The first kappa shape index (κ1) is 18.1. The maximum Gasteiger partial charge on any atom is 0.332 e. The van der Waals surface area contributed by atoms with Crippen molar-refractivity contribution in [3.05, 3.63) is 69.1 Å². The van der Waals surface area contributed by atoms with E-state index in [-0.39, 0.29) is 17.7 Å². The zero-order valence-electron chi connectivity index (χ0n) is 14.9. The van der Waals surface area contributed by atoms with Gasteiger partial charge in [0.05, 0.1) is 6.33 Å². The maximum absolute atomic E-state index is 12.3. The molecule has 27 heavy (non-hydrogen) atoms. The minimum atomic E-state index is -0.507. The van der Waals surface area contributed by atoms with Gasteiger partial charge in [-0.15, -0.1) is 0 Å². The second-order valence-electron chi connectivity index (χ2n) is 5.83. The summed E-state index contributed by atoms with van der Waals surface area (Å²) in [7, 11) is 2.90. The Kier molecular flexibility index (Phi) is 5.11. The van der Waals surface area contributed by atoms with Crippen LogP contribution in [-0.2, 0) is 25.4 Å². The summed E-state index contributed by atoms with van der Waals surface area (Å²) in [4.78, 5) is 40.3. The maximum atomic E-state index is 12.3. The van der Waals surface area contributed by atoms with Crippen molar-refractivity contribution in [2.45, 2.75) is 6.54 Å². The first-order valence-corrected chi connectivity index (χ1v) is 8.13. The topological polar surface area (TPSA) is 103 Å². The van der Waals surface area contributed by atoms with Crippen LogP contribution in [0.5, 0.6) is 0 Å². The molecule has 0 radical (unpaired) electrons. The van der Waals surface area contributed by atoms with Gasteiger partial charge in [-0.25, -0.2) is 15.2 Å². The molecule has 0 spiro atoms. The fourth-order valence-electron chi connectivity index (χ4n) is 2.58. The number of nitrogens with one attached hydrogen (secondary N) is 1. The highest BCUT2D eigenvalue weighted by molar-refractivity contribution is 5.82. The van der Waals surface area contributed by atoms with Crippen LogP contribution in [0.15, 0.2) is 57.4 Å². The van der Waals surface area contributed by atoms with Gasteiger partial charge in [0.15, 0.2) is 11.2 Å². The van der Waals surface area contributed by atoms with E-state index in [0.717, 1.165) is 10.1 Å². The summed E-state index contributed by atoms with van der Waals surface area (Å²) < 4.78 is 3.63. The number of carbonyl (C=O) groups excluding carboxylic acids is 1. The standard InChI is InChI=1S/C18H18N6O3/c1-22-16-15(17(26)23(2)18(22)27)24(12-19-16)11-14(25)21-20-10-6-9-13-7-4-3-5-8-13/h3-10,12H,11H2,1-2H3,(H,21,25)/b9-6?,20-10+. The third kappa shape index (κ3) is 3.76. The zero-order chi connectivity index (χ0) is 19.4. The molecule has 0 saturated carbocycles. The van der Waals surface area contributed by atoms with Crippen molar-refractivity contribution in [3.63, 3.8) is 0 Å². The summed E-state index contributed by atoms with van der Waals surface area (Å²) in [5.74, 6) is -0.422. The van der Waals surface area contributed by atoms with Crippen LogP contribution in [-0.4, -0.2) is 30.8 Å². The quantitative estimate of drug-likeness (QED) is 0.516. The molecule has 0 unspecified atom stereocenters. The first-order valence-electron chi connectivity index (χ1n) is 8.13. The Hall–Kier alpha value is -3.75. The van der Waals surface area contributed by atoms with Crippen LogP contribution in [0, 0.1) is 0 Å². The van der Waals surface area contributed by atoms with Gasteiger partial charge < -0.3 is 4.57 Å². The lowest BCUT2D eigenvalue weighted by Crippen LogP contribution is -2.38. The van der Waals surface area contributed by atoms with Crippen molar-refractivity contribution < 1.29 is 4.79 Å². The monoisotopic (exact) mass is 366 g/mol. The van der Waals surface area contributed by atoms with E-state index in [1.807, 2.05) is 36.4 Å². The van der Waals surface area contributed by atoms with Crippen molar-refractivity contribution in [3.8, 4) is 0 Å². The van der Waals surface area contributed by atoms with Crippen LogP contribution in [0.4, 0.5) is 0 Å². The van der Waals surface area contributed by atoms with E-state index in [0.29, 0.717) is 0 Å². The van der Waals surface area contributed by atoms with Crippen molar-refractivity contribution in [2.75, 3.05) is 0 Å². The number of benzene rings is 1. The van der Waals surface area contributed by atoms with E-state index in [9.17, 15) is 14.4 Å². The number of aromatic nitrogens is 4. The molecule has 9 nitrogen and oxygen atoms in total. The summed E-state index contributed by atoms with van der Waals surface area (Å²) in [6.45, 7) is -0.149. The minimum Gasteiger partial charge on any atom is -0.315 e. The van der Waals surface area contributed by atoms with Crippen molar-refractivity contribution in [2.24, 2.45) is 19.2 Å². The third-order valence-electron chi connectivity index (χ3n) is 3.97. The van der Waals surface area contributed by atoms with E-state index in [1.54, 1.807) is 6.08 Å². The summed E-state index contributed by atoms with van der Waals surface area (Å²) >= 11 is 0. The fraction of sp³-hybridized carbons (Fsp3) is 0.167. The van der Waals surface area contributed by atoms with E-state index >= 15 is 0 Å². The number of hydrogen-bond donors (Lipinski definition) is 1. The van der Waals surface area contributed by atoms with Crippen molar-refractivity contribution >= 4 is 29.4 Å². The number of hydrogen-bond acceptors (Lipinski definition) is 5. The van der Waals surface area contributed by atoms with Crippen LogP contribution < -0.4 is 16.7 Å². The van der Waals surface area contributed by atoms with E-state index in [1.165, 1.54) is 35.8 Å². The molecule has 138 valence electrons. The number of allylic oxidation sites excluding steroid dienone is 1. The van der Waals surface area contributed by atoms with Crippen molar-refractivity contribution in [1.29, 1.82) is 0 Å². The third-order valence-corrected chi connectivity index (χ3v) is 3.97. The van der Waals surface area contributed by atoms with E-state index in [4.69, 9.17) is 0 Å². The molecule has 0 saturated heterocycles. The van der Waals surface area contributed by atoms with Crippen LogP contribution in [0.1, 0.15) is 5.56 Å². The minimum absolute atomic E-state index is 0.149. The molecule has 2 heterocycles. The van der Waals surface area contributed by atoms with Gasteiger partial charge in [0.25, 0.3) is 11.5 Å². The molecular weight excluding hydrogens is 348 g/mol. The van der Waals surface area contributed by atoms with Gasteiger partial charge in [0.1, 0.15) is 6.54 Å². The SMILES string of the molecule is Cn1c(=O)c2c(ncn2CC(=O)N/N=C/C=Cc2ccccc2)n(C)c1=O. The van der Waals surface area contributed by atoms with Crippen LogP contribution in [0.3, 0.4) is 0 Å². The Morgan fingerprint density at radius 2 is 1.93 bits per heavy atom. The summed E-state index contributed by atoms with van der Waals surface area (Å²) in [6, 6.07) is 9.67. The van der Waals surface area contributed by atoms with Crippen LogP contribution in [0.2, 0.25) is 0 Å². The summed E-state index contributed by atoms with van der Waals surface area (Å²) in [6.07, 6.45) is 6.36. The van der Waals surface area contributed by atoms with Gasteiger partial charge in [-0.1, -0.05) is 36.4 Å². The lowest BCUT2D eigenvalue weighted by Gasteiger charge is -2.05. The number of fused-ring (bicyclic) bond motifs is 1. The van der Waals surface area contributed by atoms with Gasteiger partial charge in [-0.3, -0.25) is 18.7 Å². The largest absolute Gasteiger partial charge is 0.332 e. The molecule has 0 aliphatic heterocycles. The Bertz CT molecular complexity index is 1150. The van der Waals surface area contributed by atoms with Gasteiger partial charge in [-0.05, 0) is 11.6 Å². The average molecular weight is 366 g/mol. The number of carbonyl (C=O) groups is 1. The molecule has 0 aliphatic rings. The highest BCUT2D eigenvalue weighted by atomic mass is 16.2. The normalized spacial score (nSPS) is 11.6. The van der Waals surface area contributed by atoms with Gasteiger partial charge in [0, 0.05) is 20.3 Å². The number of imidazole rings is 1. The summed E-state index contributed by atoms with van der Waals surface area (Å²) in [5, 5.41) is 3.83. The summed E-state index contributed by atoms with van der Waals surface area (Å²) in [5.41, 5.74) is 2.83. The smallest absolute Gasteiger partial charge is 0.315 e. The van der Waals surface area contributed by atoms with Crippen LogP contribution in [0.25, 0.3) is 17.2 Å². The molecule has 0 aliphatic carbocycles. The lowest BCUT2D eigenvalue weighted by atomic mass is 10.2. The highest BCUT2D eigenvalue weighted by Gasteiger charge is 2.15. The molecule has 0 bridgehead atoms. The molecule has 1 aromatic carbocycles. The molecule has 1 amide bonds. The Morgan fingerprint density at radius 3 is 2.67 bits per heavy atom. The van der Waals surface area contributed by atoms with E-state index < -0.39 is 17.2 Å². The molecule has 2 aromatic heterocycles. The zero-order valence-corrected chi connectivity index (χ0v) is 14.9. The van der Waals surface area contributed by atoms with Gasteiger partial charge in [-0.2, -0.15) is 5.10 Å². The molecule has 0 fully saturated rings. The first-order chi connectivity index (χ1) is 13.0. The molecule has 3 rings (SSSR count). The van der Waals surface area contributed by atoms with Gasteiger partial charge in [0.2, 0.25) is 0 Å². The Balaban J connectivity index is 1.70. The number of nitrogens with zero attached hydrogens (tertiary/aromatic N) is 5. The second-order valence-corrected chi connectivity index (χ2v) is 5.83. The Morgan fingerprint density at radius 1 is 1.19 bits per heavy atom. The average Bonchev–Trinajstić information content (AvgIpc) is 3.09. The number of rotatable bonds is 5. The lowest BCUT2D eigenvalue weighted by molar-refractivity contribution is -0.121. The fourth-order valence-corrected chi connectivity index (χ4v) is 2.58. The second kappa shape index (κ2) is 7.65. The number of aryl methyl sites for hydroxylation is 1. The Labute approximate surface area is 153 Å². The molecular formula is C18H18N6O3. The number of hydrazone groups is 1. The molecule has 0 atom stereocenters.